The summed E-state index contributed by atoms with van der Waals surface area (Å²) < 4.78 is 23.6. The first-order valence-electron chi connectivity index (χ1n) is 3.82. The zero-order chi connectivity index (χ0) is 10.9. The van der Waals surface area contributed by atoms with Crippen molar-refractivity contribution >= 4 is 17.7 Å². The molecule has 0 bridgehead atoms. The lowest BCUT2D eigenvalue weighted by atomic mass is 10.2. The fourth-order valence-corrected chi connectivity index (χ4v) is 1.10. The average molecular weight is 206 g/mol. The number of nitrogens with one attached hydrogen (secondary N) is 1. The Morgan fingerprint density at radius 1 is 1.57 bits per heavy atom. The number of imide groups is 1. The Hall–Kier alpha value is -1.53. The number of likely N-dealkylation sites (N-methyl/N-ethyl adjacent to an activating group) is 1. The largest absolute Gasteiger partial charge is 0.339 e. The van der Waals surface area contributed by atoms with Crippen LogP contribution in [-0.2, 0) is 14.4 Å². The van der Waals surface area contributed by atoms with Gasteiger partial charge in [0.05, 0.1) is 6.42 Å². The number of carbonyl (C=O) groups is 3. The molecule has 0 radical (unpaired) electrons. The highest BCUT2D eigenvalue weighted by Crippen LogP contribution is 2.10. The Labute approximate surface area is 78.0 Å². The minimum absolute atomic E-state index is 0.256. The number of carbonyl (C=O) groups excluding carboxylic acids is 3. The molecule has 14 heavy (non-hydrogen) atoms. The lowest BCUT2D eigenvalue weighted by Crippen LogP contribution is -2.43. The molecule has 1 fully saturated rings. The number of halogens is 2. The third-order valence-electron chi connectivity index (χ3n) is 1.90. The molecule has 1 atom stereocenters. The van der Waals surface area contributed by atoms with E-state index in [1.54, 1.807) is 5.32 Å². The summed E-state index contributed by atoms with van der Waals surface area (Å²) in [5.74, 6) is -2.69. The summed E-state index contributed by atoms with van der Waals surface area (Å²) in [7, 11) is 1.24. The smallest absolute Gasteiger partial charge is 0.315 e. The van der Waals surface area contributed by atoms with Crippen molar-refractivity contribution in [3.05, 3.63) is 0 Å². The van der Waals surface area contributed by atoms with Gasteiger partial charge in [0.25, 0.3) is 11.8 Å². The molecule has 1 aliphatic rings. The minimum Gasteiger partial charge on any atom is -0.339 e. The molecule has 7 heteroatoms. The van der Waals surface area contributed by atoms with Gasteiger partial charge in [0.1, 0.15) is 6.04 Å². The van der Waals surface area contributed by atoms with Gasteiger partial charge in [0, 0.05) is 7.05 Å². The van der Waals surface area contributed by atoms with Gasteiger partial charge >= 0.3 is 6.43 Å². The Bertz CT molecular complexity index is 293. The Kier molecular flexibility index (Phi) is 2.78. The maximum Gasteiger partial charge on any atom is 0.315 e. The van der Waals surface area contributed by atoms with Gasteiger partial charge < -0.3 is 5.32 Å². The number of amides is 3. The molecule has 1 unspecified atom stereocenters. The van der Waals surface area contributed by atoms with Crippen molar-refractivity contribution in [2.24, 2.45) is 0 Å². The van der Waals surface area contributed by atoms with Crippen LogP contribution in [0.5, 0.6) is 0 Å². The molecule has 0 aromatic heterocycles. The summed E-state index contributed by atoms with van der Waals surface area (Å²) >= 11 is 0. The molecule has 0 aromatic carbocycles. The maximum atomic E-state index is 11.8. The molecule has 0 aromatic rings. The van der Waals surface area contributed by atoms with Crippen molar-refractivity contribution in [1.82, 2.24) is 10.2 Å². The van der Waals surface area contributed by atoms with Crippen LogP contribution in [-0.4, -0.2) is 42.1 Å². The minimum atomic E-state index is -3.18. The molecule has 1 N–H and O–H groups in total. The Morgan fingerprint density at radius 2 is 2.14 bits per heavy atom. The standard InChI is InChI=1S/C7H8F2N2O3/c1-11-4(12)2-3(7(11)14)10-6(13)5(8)9/h3,5H,2H2,1H3,(H,10,13). The van der Waals surface area contributed by atoms with Crippen LogP contribution in [0, 0.1) is 0 Å². The van der Waals surface area contributed by atoms with E-state index in [0.29, 0.717) is 0 Å². The first-order valence-corrected chi connectivity index (χ1v) is 3.82. The van der Waals surface area contributed by atoms with Crippen molar-refractivity contribution < 1.29 is 23.2 Å². The van der Waals surface area contributed by atoms with Crippen LogP contribution in [0.4, 0.5) is 8.78 Å². The molecule has 0 spiro atoms. The monoisotopic (exact) mass is 206 g/mol. The zero-order valence-electron chi connectivity index (χ0n) is 7.29. The van der Waals surface area contributed by atoms with Gasteiger partial charge in [0.15, 0.2) is 0 Å². The van der Waals surface area contributed by atoms with Gasteiger partial charge in [-0.25, -0.2) is 0 Å². The molecule has 1 saturated heterocycles. The first-order chi connectivity index (χ1) is 6.43. The predicted octanol–water partition coefficient (Wildman–Crippen LogP) is -0.875. The summed E-state index contributed by atoms with van der Waals surface area (Å²) in [6.07, 6.45) is -3.43. The molecular formula is C7H8F2N2O3. The second kappa shape index (κ2) is 3.69. The highest BCUT2D eigenvalue weighted by atomic mass is 19.3. The number of nitrogens with zero attached hydrogens (tertiary/aromatic N) is 1. The van der Waals surface area contributed by atoms with E-state index in [1.807, 2.05) is 0 Å². The van der Waals surface area contributed by atoms with Crippen LogP contribution in [0.1, 0.15) is 6.42 Å². The quantitative estimate of drug-likeness (QED) is 0.597. The van der Waals surface area contributed by atoms with Crippen LogP contribution in [0.25, 0.3) is 0 Å². The topological polar surface area (TPSA) is 66.5 Å². The van der Waals surface area contributed by atoms with Gasteiger partial charge in [-0.05, 0) is 0 Å². The average Bonchev–Trinajstić information content (AvgIpc) is 2.33. The van der Waals surface area contributed by atoms with Crippen molar-refractivity contribution in [2.75, 3.05) is 7.05 Å². The molecule has 0 aliphatic carbocycles. The van der Waals surface area contributed by atoms with E-state index < -0.39 is 30.2 Å². The van der Waals surface area contributed by atoms with Gasteiger partial charge in [-0.2, -0.15) is 8.78 Å². The molecule has 1 rings (SSSR count). The lowest BCUT2D eigenvalue weighted by molar-refractivity contribution is -0.139. The zero-order valence-corrected chi connectivity index (χ0v) is 7.29. The predicted molar refractivity (Wildman–Crippen MR) is 40.3 cm³/mol. The molecule has 0 saturated carbocycles. The Morgan fingerprint density at radius 3 is 2.50 bits per heavy atom. The van der Waals surface area contributed by atoms with E-state index in [9.17, 15) is 23.2 Å². The van der Waals surface area contributed by atoms with Crippen LogP contribution >= 0.6 is 0 Å². The molecular weight excluding hydrogens is 198 g/mol. The van der Waals surface area contributed by atoms with E-state index >= 15 is 0 Å². The number of alkyl halides is 2. The summed E-state index contributed by atoms with van der Waals surface area (Å²) in [4.78, 5) is 33.3. The lowest BCUT2D eigenvalue weighted by Gasteiger charge is -2.09. The van der Waals surface area contributed by atoms with E-state index in [0.717, 1.165) is 4.90 Å². The second-order valence-electron chi connectivity index (χ2n) is 2.86. The summed E-state index contributed by atoms with van der Waals surface area (Å²) in [5.41, 5.74) is 0. The normalized spacial score (nSPS) is 22.0. The highest BCUT2D eigenvalue weighted by Gasteiger charge is 2.37. The SMILES string of the molecule is CN1C(=O)CC(NC(=O)C(F)F)C1=O. The van der Waals surface area contributed by atoms with Crippen molar-refractivity contribution in [2.45, 2.75) is 18.9 Å². The summed E-state index contributed by atoms with van der Waals surface area (Å²) in [6, 6.07) is -1.14. The van der Waals surface area contributed by atoms with E-state index in [1.165, 1.54) is 7.05 Å². The summed E-state index contributed by atoms with van der Waals surface area (Å²) in [6.45, 7) is 0. The van der Waals surface area contributed by atoms with Crippen molar-refractivity contribution in [3.8, 4) is 0 Å². The van der Waals surface area contributed by atoms with Gasteiger partial charge in [0.2, 0.25) is 5.91 Å². The van der Waals surface area contributed by atoms with Crippen molar-refractivity contribution in [3.63, 3.8) is 0 Å². The fraction of sp³-hybridized carbons (Fsp3) is 0.571. The van der Waals surface area contributed by atoms with Crippen LogP contribution < -0.4 is 5.32 Å². The van der Waals surface area contributed by atoms with Crippen LogP contribution in [0.2, 0.25) is 0 Å². The van der Waals surface area contributed by atoms with E-state index in [-0.39, 0.29) is 6.42 Å². The van der Waals surface area contributed by atoms with Crippen LogP contribution in [0.15, 0.2) is 0 Å². The molecule has 5 nitrogen and oxygen atoms in total. The third kappa shape index (κ3) is 1.86. The highest BCUT2D eigenvalue weighted by molar-refractivity contribution is 6.06. The van der Waals surface area contributed by atoms with Crippen LogP contribution in [0.3, 0.4) is 0 Å². The van der Waals surface area contributed by atoms with Gasteiger partial charge in [-0.15, -0.1) is 0 Å². The molecule has 3 amide bonds. The number of likely N-dealkylation sites (tertiary alicyclic amines) is 1. The summed E-state index contributed by atoms with van der Waals surface area (Å²) in [5, 5.41) is 1.79. The second-order valence-corrected chi connectivity index (χ2v) is 2.86. The van der Waals surface area contributed by atoms with E-state index in [2.05, 4.69) is 0 Å². The first kappa shape index (κ1) is 10.6. The Balaban J connectivity index is 2.60. The fourth-order valence-electron chi connectivity index (χ4n) is 1.10. The molecule has 1 heterocycles. The number of hydrogen-bond acceptors (Lipinski definition) is 3. The molecule has 1 aliphatic heterocycles. The molecule has 78 valence electrons. The third-order valence-corrected chi connectivity index (χ3v) is 1.90. The number of rotatable bonds is 2. The van der Waals surface area contributed by atoms with E-state index in [4.69, 9.17) is 0 Å². The maximum absolute atomic E-state index is 11.8. The van der Waals surface area contributed by atoms with Crippen molar-refractivity contribution in [1.29, 1.82) is 0 Å². The van der Waals surface area contributed by atoms with Gasteiger partial charge in [-0.3, -0.25) is 19.3 Å². The number of hydrogen-bond donors (Lipinski definition) is 1. The van der Waals surface area contributed by atoms with Gasteiger partial charge in [-0.1, -0.05) is 0 Å².